The molecule has 0 saturated heterocycles. The van der Waals surface area contributed by atoms with E-state index in [1.165, 1.54) is 11.1 Å². The Bertz CT molecular complexity index is 1510. The second-order valence-corrected chi connectivity index (χ2v) is 10.3. The van der Waals surface area contributed by atoms with Crippen LogP contribution in [-0.2, 0) is 18.7 Å². The van der Waals surface area contributed by atoms with Gasteiger partial charge in [-0.05, 0) is 60.4 Å². The Kier molecular flexibility index (Phi) is 7.87. The standard InChI is InChI=1S/C30H27ClN4OS/c1-21-5-7-22(8-6-21)13-16-33-29(36)25-11-9-23(10-12-25)19-35-28-18-32-15-14-27(28)34-30(35)37-20-24-3-2-4-26(31)17-24/h2-12,14-15,17-18H,13,16,19-20H2,1H3,(H,33,36). The lowest BCUT2D eigenvalue weighted by Gasteiger charge is -2.10. The average molecular weight is 527 g/mol. The minimum Gasteiger partial charge on any atom is -0.352 e. The number of hydrogen-bond donors (Lipinski definition) is 1. The van der Waals surface area contributed by atoms with Crippen molar-refractivity contribution in [1.82, 2.24) is 19.9 Å². The van der Waals surface area contributed by atoms with E-state index >= 15 is 0 Å². The molecular formula is C30H27ClN4OS. The van der Waals surface area contributed by atoms with Crippen molar-refractivity contribution in [1.29, 1.82) is 0 Å². The van der Waals surface area contributed by atoms with Gasteiger partial charge in [0.1, 0.15) is 0 Å². The number of hydrogen-bond acceptors (Lipinski definition) is 4. The molecule has 2 aromatic heterocycles. The summed E-state index contributed by atoms with van der Waals surface area (Å²) >= 11 is 7.83. The van der Waals surface area contributed by atoms with Crippen molar-refractivity contribution in [2.45, 2.75) is 30.8 Å². The molecule has 1 N–H and O–H groups in total. The normalized spacial score (nSPS) is 11.1. The summed E-state index contributed by atoms with van der Waals surface area (Å²) in [6.07, 6.45) is 4.42. The molecule has 1 amide bonds. The van der Waals surface area contributed by atoms with Crippen LogP contribution in [0.5, 0.6) is 0 Å². The smallest absolute Gasteiger partial charge is 0.251 e. The lowest BCUT2D eigenvalue weighted by Crippen LogP contribution is -2.25. The Balaban J connectivity index is 1.25. The van der Waals surface area contributed by atoms with Crippen molar-refractivity contribution in [2.24, 2.45) is 0 Å². The number of aryl methyl sites for hydroxylation is 1. The van der Waals surface area contributed by atoms with Crippen LogP contribution in [0, 0.1) is 6.92 Å². The molecule has 5 aromatic rings. The fourth-order valence-electron chi connectivity index (χ4n) is 4.11. The minimum atomic E-state index is -0.0614. The summed E-state index contributed by atoms with van der Waals surface area (Å²) in [5, 5.41) is 4.67. The number of nitrogens with one attached hydrogen (secondary N) is 1. The van der Waals surface area contributed by atoms with Crippen LogP contribution in [0.3, 0.4) is 0 Å². The van der Waals surface area contributed by atoms with Gasteiger partial charge in [-0.3, -0.25) is 9.78 Å². The third kappa shape index (κ3) is 6.40. The van der Waals surface area contributed by atoms with Crippen LogP contribution in [-0.4, -0.2) is 27.0 Å². The van der Waals surface area contributed by atoms with Crippen molar-refractivity contribution < 1.29 is 4.79 Å². The fourth-order valence-corrected chi connectivity index (χ4v) is 5.28. The van der Waals surface area contributed by atoms with E-state index in [2.05, 4.69) is 52.1 Å². The van der Waals surface area contributed by atoms with E-state index in [4.69, 9.17) is 16.6 Å². The van der Waals surface area contributed by atoms with Gasteiger partial charge in [0.2, 0.25) is 0 Å². The zero-order chi connectivity index (χ0) is 25.6. The lowest BCUT2D eigenvalue weighted by atomic mass is 10.1. The van der Waals surface area contributed by atoms with Gasteiger partial charge in [0.25, 0.3) is 5.91 Å². The summed E-state index contributed by atoms with van der Waals surface area (Å²) in [5.41, 5.74) is 7.23. The number of imidazole rings is 1. The Labute approximate surface area is 225 Å². The van der Waals surface area contributed by atoms with Crippen LogP contribution in [0.4, 0.5) is 0 Å². The first kappa shape index (κ1) is 25.1. The van der Waals surface area contributed by atoms with Gasteiger partial charge in [0.15, 0.2) is 5.16 Å². The molecule has 0 aliphatic carbocycles. The number of nitrogens with zero attached hydrogens (tertiary/aromatic N) is 3. The molecule has 0 saturated carbocycles. The monoisotopic (exact) mass is 526 g/mol. The number of thioether (sulfide) groups is 1. The summed E-state index contributed by atoms with van der Waals surface area (Å²) in [6, 6.07) is 26.0. The molecule has 5 rings (SSSR count). The van der Waals surface area contributed by atoms with Gasteiger partial charge < -0.3 is 9.88 Å². The number of fused-ring (bicyclic) bond motifs is 1. The predicted molar refractivity (Wildman–Crippen MR) is 151 cm³/mol. The van der Waals surface area contributed by atoms with Gasteiger partial charge in [-0.1, -0.05) is 77.5 Å². The van der Waals surface area contributed by atoms with E-state index in [0.717, 1.165) is 44.5 Å². The molecule has 0 aliphatic heterocycles. The Morgan fingerprint density at radius 2 is 1.76 bits per heavy atom. The first-order valence-corrected chi connectivity index (χ1v) is 13.5. The molecule has 0 bridgehead atoms. The SMILES string of the molecule is Cc1ccc(CCNC(=O)c2ccc(Cn3c(SCc4cccc(Cl)c4)nc4ccncc43)cc2)cc1. The van der Waals surface area contributed by atoms with Crippen LogP contribution in [0.25, 0.3) is 11.0 Å². The zero-order valence-electron chi connectivity index (χ0n) is 20.5. The Morgan fingerprint density at radius 1 is 0.973 bits per heavy atom. The highest BCUT2D eigenvalue weighted by Crippen LogP contribution is 2.28. The van der Waals surface area contributed by atoms with E-state index in [-0.39, 0.29) is 5.91 Å². The molecule has 0 fully saturated rings. The maximum atomic E-state index is 12.6. The molecule has 3 aromatic carbocycles. The van der Waals surface area contributed by atoms with Gasteiger partial charge in [-0.15, -0.1) is 0 Å². The fraction of sp³-hybridized carbons (Fsp3) is 0.167. The number of amides is 1. The van der Waals surface area contributed by atoms with Crippen molar-refractivity contribution in [3.05, 3.63) is 124 Å². The number of rotatable bonds is 9. The van der Waals surface area contributed by atoms with E-state index in [0.29, 0.717) is 18.7 Å². The number of aromatic nitrogens is 3. The molecular weight excluding hydrogens is 500 g/mol. The number of carbonyl (C=O) groups is 1. The second-order valence-electron chi connectivity index (χ2n) is 8.95. The molecule has 5 nitrogen and oxygen atoms in total. The van der Waals surface area contributed by atoms with E-state index < -0.39 is 0 Å². The van der Waals surface area contributed by atoms with Crippen molar-refractivity contribution in [3.63, 3.8) is 0 Å². The minimum absolute atomic E-state index is 0.0614. The van der Waals surface area contributed by atoms with Crippen molar-refractivity contribution >= 4 is 40.3 Å². The number of pyridine rings is 1. The van der Waals surface area contributed by atoms with Crippen molar-refractivity contribution in [2.75, 3.05) is 6.54 Å². The molecule has 2 heterocycles. The number of carbonyl (C=O) groups excluding carboxylic acids is 1. The third-order valence-electron chi connectivity index (χ3n) is 6.15. The topological polar surface area (TPSA) is 59.8 Å². The number of halogens is 1. The lowest BCUT2D eigenvalue weighted by molar-refractivity contribution is 0.0954. The molecule has 0 radical (unpaired) electrons. The van der Waals surface area contributed by atoms with E-state index in [9.17, 15) is 4.79 Å². The maximum Gasteiger partial charge on any atom is 0.251 e. The molecule has 0 unspecified atom stereocenters. The quantitative estimate of drug-likeness (QED) is 0.217. The van der Waals surface area contributed by atoms with Crippen LogP contribution >= 0.6 is 23.4 Å². The Hall–Kier alpha value is -3.61. The van der Waals surface area contributed by atoms with Crippen LogP contribution in [0.2, 0.25) is 5.02 Å². The highest BCUT2D eigenvalue weighted by molar-refractivity contribution is 7.98. The van der Waals surface area contributed by atoms with Gasteiger partial charge >= 0.3 is 0 Å². The molecule has 0 aliphatic rings. The third-order valence-corrected chi connectivity index (χ3v) is 7.43. The van der Waals surface area contributed by atoms with Gasteiger partial charge in [0.05, 0.1) is 23.8 Å². The van der Waals surface area contributed by atoms with E-state index in [1.54, 1.807) is 18.0 Å². The van der Waals surface area contributed by atoms with Crippen LogP contribution < -0.4 is 5.32 Å². The van der Waals surface area contributed by atoms with Crippen LogP contribution in [0.1, 0.15) is 32.6 Å². The first-order valence-electron chi connectivity index (χ1n) is 12.2. The largest absolute Gasteiger partial charge is 0.352 e. The first-order chi connectivity index (χ1) is 18.0. The summed E-state index contributed by atoms with van der Waals surface area (Å²) in [4.78, 5) is 21.8. The molecule has 37 heavy (non-hydrogen) atoms. The highest BCUT2D eigenvalue weighted by Gasteiger charge is 2.13. The second kappa shape index (κ2) is 11.6. The van der Waals surface area contributed by atoms with Crippen molar-refractivity contribution in [3.8, 4) is 0 Å². The zero-order valence-corrected chi connectivity index (χ0v) is 22.1. The molecule has 7 heteroatoms. The average Bonchev–Trinajstić information content (AvgIpc) is 3.26. The van der Waals surface area contributed by atoms with E-state index in [1.807, 2.05) is 54.7 Å². The summed E-state index contributed by atoms with van der Waals surface area (Å²) in [5.74, 6) is 0.702. The molecule has 0 atom stereocenters. The summed E-state index contributed by atoms with van der Waals surface area (Å²) < 4.78 is 2.17. The Morgan fingerprint density at radius 3 is 2.54 bits per heavy atom. The summed E-state index contributed by atoms with van der Waals surface area (Å²) in [6.45, 7) is 3.31. The predicted octanol–water partition coefficient (Wildman–Crippen LogP) is 6.71. The highest BCUT2D eigenvalue weighted by atomic mass is 35.5. The maximum absolute atomic E-state index is 12.6. The van der Waals surface area contributed by atoms with Gasteiger partial charge in [-0.25, -0.2) is 4.98 Å². The molecule has 186 valence electrons. The summed E-state index contributed by atoms with van der Waals surface area (Å²) in [7, 11) is 0. The van der Waals surface area contributed by atoms with Crippen LogP contribution in [0.15, 0.2) is 96.4 Å². The van der Waals surface area contributed by atoms with Gasteiger partial charge in [0, 0.05) is 29.1 Å². The number of benzene rings is 3. The van der Waals surface area contributed by atoms with Gasteiger partial charge in [-0.2, -0.15) is 0 Å². The molecule has 0 spiro atoms.